The number of aldehydes is 1. The Morgan fingerprint density at radius 2 is 1.94 bits per heavy atom. The van der Waals surface area contributed by atoms with Crippen molar-refractivity contribution in [2.24, 2.45) is 0 Å². The third kappa shape index (κ3) is 3.24. The summed E-state index contributed by atoms with van der Waals surface area (Å²) >= 11 is 0. The van der Waals surface area contributed by atoms with Gasteiger partial charge >= 0.3 is 0 Å². The summed E-state index contributed by atoms with van der Waals surface area (Å²) in [5, 5.41) is 0. The van der Waals surface area contributed by atoms with Gasteiger partial charge in [-0.2, -0.15) is 0 Å². The standard InChI is InChI=1S/C13H17NO3/c1-14(2)8-10(9-15)12-7-11(16-3)5-6-13(12)17-4/h5-9H,1-4H3/b10-8+. The molecular formula is C13H17NO3. The van der Waals surface area contributed by atoms with Gasteiger partial charge in [0.15, 0.2) is 6.29 Å². The highest BCUT2D eigenvalue weighted by atomic mass is 16.5. The van der Waals surface area contributed by atoms with E-state index in [1.54, 1.807) is 38.6 Å². The SMILES string of the molecule is COc1ccc(OC)c(/C(C=O)=C/N(C)C)c1. The van der Waals surface area contributed by atoms with Crippen molar-refractivity contribution in [3.05, 3.63) is 30.0 Å². The number of nitrogens with zero attached hydrogens (tertiary/aromatic N) is 1. The van der Waals surface area contributed by atoms with E-state index in [1.807, 2.05) is 19.0 Å². The van der Waals surface area contributed by atoms with Crippen molar-refractivity contribution in [2.45, 2.75) is 0 Å². The van der Waals surface area contributed by atoms with Crippen molar-refractivity contribution in [3.8, 4) is 11.5 Å². The molecule has 0 aromatic heterocycles. The van der Waals surface area contributed by atoms with Crippen LogP contribution in [0, 0.1) is 0 Å². The van der Waals surface area contributed by atoms with Crippen molar-refractivity contribution in [1.82, 2.24) is 4.90 Å². The molecule has 0 heterocycles. The van der Waals surface area contributed by atoms with E-state index >= 15 is 0 Å². The topological polar surface area (TPSA) is 38.8 Å². The Hall–Kier alpha value is -1.97. The monoisotopic (exact) mass is 235 g/mol. The maximum Gasteiger partial charge on any atom is 0.152 e. The van der Waals surface area contributed by atoms with Gasteiger partial charge in [-0.15, -0.1) is 0 Å². The fourth-order valence-electron chi connectivity index (χ4n) is 1.48. The number of hydrogen-bond donors (Lipinski definition) is 0. The lowest BCUT2D eigenvalue weighted by molar-refractivity contribution is -0.103. The molecule has 0 unspecified atom stereocenters. The van der Waals surface area contributed by atoms with E-state index in [0.29, 0.717) is 17.1 Å². The minimum atomic E-state index is 0.547. The Bertz CT molecular complexity index is 425. The molecule has 0 spiro atoms. The first kappa shape index (κ1) is 13.1. The first-order valence-electron chi connectivity index (χ1n) is 5.18. The van der Waals surface area contributed by atoms with Crippen molar-refractivity contribution in [1.29, 1.82) is 0 Å². The van der Waals surface area contributed by atoms with E-state index in [9.17, 15) is 4.79 Å². The molecule has 4 nitrogen and oxygen atoms in total. The maximum absolute atomic E-state index is 11.1. The first-order chi connectivity index (χ1) is 8.12. The summed E-state index contributed by atoms with van der Waals surface area (Å²) in [5.41, 5.74) is 1.27. The third-order valence-corrected chi connectivity index (χ3v) is 2.24. The molecule has 0 atom stereocenters. The van der Waals surface area contributed by atoms with Crippen molar-refractivity contribution < 1.29 is 14.3 Å². The first-order valence-corrected chi connectivity index (χ1v) is 5.18. The van der Waals surface area contributed by atoms with E-state index in [4.69, 9.17) is 9.47 Å². The molecule has 17 heavy (non-hydrogen) atoms. The van der Waals surface area contributed by atoms with Gasteiger partial charge in [0.25, 0.3) is 0 Å². The lowest BCUT2D eigenvalue weighted by Gasteiger charge is -2.12. The molecule has 0 amide bonds. The van der Waals surface area contributed by atoms with Gasteiger partial charge in [0.1, 0.15) is 11.5 Å². The predicted octanol–water partition coefficient (Wildman–Crippen LogP) is 1.81. The minimum Gasteiger partial charge on any atom is -0.497 e. The van der Waals surface area contributed by atoms with Crippen LogP contribution in [0.3, 0.4) is 0 Å². The van der Waals surface area contributed by atoms with Crippen LogP contribution in [-0.4, -0.2) is 39.5 Å². The highest BCUT2D eigenvalue weighted by Crippen LogP contribution is 2.29. The van der Waals surface area contributed by atoms with Gasteiger partial charge in [0.2, 0.25) is 0 Å². The molecule has 0 saturated heterocycles. The van der Waals surface area contributed by atoms with Crippen LogP contribution >= 0.6 is 0 Å². The van der Waals surface area contributed by atoms with Crippen LogP contribution in [0.5, 0.6) is 11.5 Å². The minimum absolute atomic E-state index is 0.547. The quantitative estimate of drug-likeness (QED) is 0.576. The number of hydrogen-bond acceptors (Lipinski definition) is 4. The normalized spacial score (nSPS) is 10.9. The summed E-state index contributed by atoms with van der Waals surface area (Å²) < 4.78 is 10.4. The molecule has 0 fully saturated rings. The number of carbonyl (C=O) groups excluding carboxylic acids is 1. The predicted molar refractivity (Wildman–Crippen MR) is 67.3 cm³/mol. The molecule has 0 aliphatic heterocycles. The molecule has 0 radical (unpaired) electrons. The number of carbonyl (C=O) groups is 1. The molecular weight excluding hydrogens is 218 g/mol. The summed E-state index contributed by atoms with van der Waals surface area (Å²) in [7, 11) is 6.87. The van der Waals surface area contributed by atoms with Gasteiger partial charge in [-0.05, 0) is 18.2 Å². The second-order valence-electron chi connectivity index (χ2n) is 3.73. The number of rotatable bonds is 5. The maximum atomic E-state index is 11.1. The summed E-state index contributed by atoms with van der Waals surface area (Å²) in [6.45, 7) is 0. The molecule has 1 aromatic rings. The largest absolute Gasteiger partial charge is 0.497 e. The van der Waals surface area contributed by atoms with Gasteiger partial charge in [-0.1, -0.05) is 0 Å². The fourth-order valence-corrected chi connectivity index (χ4v) is 1.48. The Labute approximate surface area is 101 Å². The highest BCUT2D eigenvalue weighted by molar-refractivity contribution is 6.08. The fraction of sp³-hybridized carbons (Fsp3) is 0.308. The third-order valence-electron chi connectivity index (χ3n) is 2.24. The van der Waals surface area contributed by atoms with Crippen molar-refractivity contribution in [3.63, 3.8) is 0 Å². The average Bonchev–Trinajstić information content (AvgIpc) is 2.34. The van der Waals surface area contributed by atoms with Crippen LogP contribution < -0.4 is 9.47 Å². The van der Waals surface area contributed by atoms with Crippen LogP contribution in [0.2, 0.25) is 0 Å². The van der Waals surface area contributed by atoms with Crippen LogP contribution in [-0.2, 0) is 4.79 Å². The Morgan fingerprint density at radius 3 is 2.41 bits per heavy atom. The smallest absolute Gasteiger partial charge is 0.152 e. The van der Waals surface area contributed by atoms with E-state index in [-0.39, 0.29) is 0 Å². The molecule has 0 N–H and O–H groups in total. The van der Waals surface area contributed by atoms with Crippen LogP contribution in [0.1, 0.15) is 5.56 Å². The average molecular weight is 235 g/mol. The summed E-state index contributed by atoms with van der Waals surface area (Å²) in [5.74, 6) is 1.33. The number of ether oxygens (including phenoxy) is 2. The zero-order valence-corrected chi connectivity index (χ0v) is 10.6. The zero-order valence-electron chi connectivity index (χ0n) is 10.6. The van der Waals surface area contributed by atoms with E-state index in [1.165, 1.54) is 0 Å². The number of allylic oxidation sites excluding steroid dienone is 1. The molecule has 1 rings (SSSR count). The highest BCUT2D eigenvalue weighted by Gasteiger charge is 2.10. The van der Waals surface area contributed by atoms with Gasteiger partial charge in [0.05, 0.1) is 14.2 Å². The molecule has 92 valence electrons. The number of methoxy groups -OCH3 is 2. The molecule has 0 saturated carbocycles. The molecule has 0 aliphatic carbocycles. The van der Waals surface area contributed by atoms with Crippen LogP contribution in [0.15, 0.2) is 24.4 Å². The van der Waals surface area contributed by atoms with Crippen molar-refractivity contribution in [2.75, 3.05) is 28.3 Å². The van der Waals surface area contributed by atoms with E-state index in [0.717, 1.165) is 11.8 Å². The van der Waals surface area contributed by atoms with Gasteiger partial charge in [-0.3, -0.25) is 4.79 Å². The molecule has 0 aliphatic rings. The molecule has 4 heteroatoms. The Morgan fingerprint density at radius 1 is 1.24 bits per heavy atom. The zero-order chi connectivity index (χ0) is 12.8. The lowest BCUT2D eigenvalue weighted by atomic mass is 10.1. The van der Waals surface area contributed by atoms with Crippen molar-refractivity contribution >= 4 is 11.9 Å². The lowest BCUT2D eigenvalue weighted by Crippen LogP contribution is -2.04. The van der Waals surface area contributed by atoms with Crippen LogP contribution in [0.4, 0.5) is 0 Å². The summed E-state index contributed by atoms with van der Waals surface area (Å²) in [6, 6.07) is 5.35. The Kier molecular flexibility index (Phi) is 4.57. The Balaban J connectivity index is 3.29. The van der Waals surface area contributed by atoms with Gasteiger partial charge in [-0.25, -0.2) is 0 Å². The van der Waals surface area contributed by atoms with Gasteiger partial charge in [0, 0.05) is 31.4 Å². The van der Waals surface area contributed by atoms with E-state index in [2.05, 4.69) is 0 Å². The second-order valence-corrected chi connectivity index (χ2v) is 3.73. The summed E-state index contributed by atoms with van der Waals surface area (Å²) in [4.78, 5) is 12.9. The second kappa shape index (κ2) is 5.94. The molecule has 1 aromatic carbocycles. The van der Waals surface area contributed by atoms with E-state index < -0.39 is 0 Å². The molecule has 0 bridgehead atoms. The number of benzene rings is 1. The summed E-state index contributed by atoms with van der Waals surface area (Å²) in [6.07, 6.45) is 2.54. The van der Waals surface area contributed by atoms with Gasteiger partial charge < -0.3 is 14.4 Å². The van der Waals surface area contributed by atoms with Crippen LogP contribution in [0.25, 0.3) is 5.57 Å².